The summed E-state index contributed by atoms with van der Waals surface area (Å²) in [4.78, 5) is 4.50. The summed E-state index contributed by atoms with van der Waals surface area (Å²) >= 11 is 0. The van der Waals surface area contributed by atoms with Crippen molar-refractivity contribution in [3.63, 3.8) is 0 Å². The fraction of sp³-hybridized carbons (Fsp3) is 0.150. The largest absolute Gasteiger partial charge is 0.398 e. The van der Waals surface area contributed by atoms with E-state index < -0.39 is 0 Å². The van der Waals surface area contributed by atoms with E-state index in [1.807, 2.05) is 30.5 Å². The fourth-order valence-corrected chi connectivity index (χ4v) is 3.31. The second kappa shape index (κ2) is 5.30. The number of anilines is 1. The van der Waals surface area contributed by atoms with Crippen molar-refractivity contribution in [1.82, 2.24) is 4.98 Å². The van der Waals surface area contributed by atoms with Crippen molar-refractivity contribution >= 4 is 5.69 Å². The predicted molar refractivity (Wildman–Crippen MR) is 91.5 cm³/mol. The van der Waals surface area contributed by atoms with Crippen LogP contribution in [0.25, 0.3) is 22.4 Å². The number of fused-ring (bicyclic) bond motifs is 1. The number of pyridine rings is 1. The Morgan fingerprint density at radius 3 is 2.59 bits per heavy atom. The van der Waals surface area contributed by atoms with E-state index in [0.29, 0.717) is 0 Å². The summed E-state index contributed by atoms with van der Waals surface area (Å²) in [7, 11) is 0. The van der Waals surface area contributed by atoms with Crippen LogP contribution in [0.15, 0.2) is 60.8 Å². The highest BCUT2D eigenvalue weighted by Crippen LogP contribution is 2.36. The highest BCUT2D eigenvalue weighted by atomic mass is 14.7. The van der Waals surface area contributed by atoms with Gasteiger partial charge in [-0.2, -0.15) is 0 Å². The van der Waals surface area contributed by atoms with Crippen molar-refractivity contribution < 1.29 is 0 Å². The minimum absolute atomic E-state index is 0.945. The van der Waals surface area contributed by atoms with Crippen LogP contribution in [0.1, 0.15) is 17.5 Å². The third-order valence-corrected chi connectivity index (χ3v) is 4.47. The molecule has 0 fully saturated rings. The maximum Gasteiger partial charge on any atom is 0.0708 e. The minimum Gasteiger partial charge on any atom is -0.398 e. The summed E-state index contributed by atoms with van der Waals surface area (Å²) in [5.41, 5.74) is 14.5. The number of benzene rings is 2. The molecule has 0 saturated heterocycles. The van der Waals surface area contributed by atoms with Gasteiger partial charge in [0, 0.05) is 23.0 Å². The third kappa shape index (κ3) is 2.17. The molecule has 22 heavy (non-hydrogen) atoms. The van der Waals surface area contributed by atoms with Crippen molar-refractivity contribution in [2.24, 2.45) is 0 Å². The zero-order valence-electron chi connectivity index (χ0n) is 12.4. The molecule has 1 aromatic heterocycles. The number of nitrogen functional groups attached to an aromatic ring is 1. The van der Waals surface area contributed by atoms with E-state index in [0.717, 1.165) is 40.9 Å². The van der Waals surface area contributed by atoms with Gasteiger partial charge < -0.3 is 5.73 Å². The molecule has 2 N–H and O–H groups in total. The number of hydrogen-bond acceptors (Lipinski definition) is 2. The van der Waals surface area contributed by atoms with E-state index in [2.05, 4.69) is 35.3 Å². The molecule has 1 aliphatic rings. The maximum absolute atomic E-state index is 6.44. The second-order valence-electron chi connectivity index (χ2n) is 5.81. The molecular formula is C20H18N2. The summed E-state index contributed by atoms with van der Waals surface area (Å²) in [6.07, 6.45) is 5.34. The monoisotopic (exact) mass is 286 g/mol. The highest BCUT2D eigenvalue weighted by Gasteiger charge is 2.16. The van der Waals surface area contributed by atoms with E-state index >= 15 is 0 Å². The number of nitrogens with zero attached hydrogens (tertiary/aromatic N) is 1. The van der Waals surface area contributed by atoms with Gasteiger partial charge in [-0.3, -0.25) is 4.98 Å². The number of rotatable bonds is 2. The molecule has 0 unspecified atom stereocenters. The third-order valence-electron chi connectivity index (χ3n) is 4.47. The summed E-state index contributed by atoms with van der Waals surface area (Å²) in [5, 5.41) is 0. The van der Waals surface area contributed by atoms with E-state index in [4.69, 9.17) is 5.73 Å². The fourth-order valence-electron chi connectivity index (χ4n) is 3.31. The zero-order valence-corrected chi connectivity index (χ0v) is 12.4. The first-order chi connectivity index (χ1) is 10.8. The standard InChI is InChI=1S/C20H18N2/c21-20-17-8-4-7-14(17)9-10-18(20)16-11-12-22-19(13-16)15-5-2-1-3-6-15/h1-3,5-6,9-13H,4,7-8,21H2. The van der Waals surface area contributed by atoms with Gasteiger partial charge in [0.25, 0.3) is 0 Å². The van der Waals surface area contributed by atoms with Crippen LogP contribution in [0.3, 0.4) is 0 Å². The van der Waals surface area contributed by atoms with Crippen molar-refractivity contribution in [2.45, 2.75) is 19.3 Å². The molecule has 0 saturated carbocycles. The predicted octanol–water partition coefficient (Wildman–Crippen LogP) is 4.49. The van der Waals surface area contributed by atoms with Crippen LogP contribution in [0.5, 0.6) is 0 Å². The quantitative estimate of drug-likeness (QED) is 0.705. The lowest BCUT2D eigenvalue weighted by Gasteiger charge is -2.12. The van der Waals surface area contributed by atoms with Crippen LogP contribution in [0.2, 0.25) is 0 Å². The van der Waals surface area contributed by atoms with Gasteiger partial charge in [0.05, 0.1) is 5.69 Å². The zero-order chi connectivity index (χ0) is 14.9. The van der Waals surface area contributed by atoms with Crippen molar-refractivity contribution in [2.75, 3.05) is 5.73 Å². The number of aromatic nitrogens is 1. The lowest BCUT2D eigenvalue weighted by Crippen LogP contribution is -1.97. The van der Waals surface area contributed by atoms with Crippen LogP contribution in [0.4, 0.5) is 5.69 Å². The number of nitrogens with two attached hydrogens (primary N) is 1. The topological polar surface area (TPSA) is 38.9 Å². The van der Waals surface area contributed by atoms with Gasteiger partial charge in [-0.1, -0.05) is 42.5 Å². The van der Waals surface area contributed by atoms with Crippen molar-refractivity contribution in [3.8, 4) is 22.4 Å². The molecule has 0 aliphatic heterocycles. The summed E-state index contributed by atoms with van der Waals surface area (Å²) in [6, 6.07) is 18.8. The van der Waals surface area contributed by atoms with E-state index in [1.165, 1.54) is 17.5 Å². The number of aryl methyl sites for hydroxylation is 1. The first-order valence-corrected chi connectivity index (χ1v) is 7.75. The summed E-state index contributed by atoms with van der Waals surface area (Å²) in [5.74, 6) is 0. The molecule has 4 rings (SSSR count). The number of hydrogen-bond donors (Lipinski definition) is 1. The molecular weight excluding hydrogens is 268 g/mol. The Bertz CT molecular complexity index is 822. The van der Waals surface area contributed by atoms with Crippen LogP contribution in [-0.2, 0) is 12.8 Å². The Morgan fingerprint density at radius 1 is 0.864 bits per heavy atom. The van der Waals surface area contributed by atoms with Gasteiger partial charge in [0.1, 0.15) is 0 Å². The van der Waals surface area contributed by atoms with E-state index in [-0.39, 0.29) is 0 Å². The molecule has 0 radical (unpaired) electrons. The van der Waals surface area contributed by atoms with Gasteiger partial charge in [-0.15, -0.1) is 0 Å². The van der Waals surface area contributed by atoms with Gasteiger partial charge >= 0.3 is 0 Å². The minimum atomic E-state index is 0.945. The lowest BCUT2D eigenvalue weighted by molar-refractivity contribution is 0.912. The van der Waals surface area contributed by atoms with E-state index in [9.17, 15) is 0 Å². The van der Waals surface area contributed by atoms with Crippen molar-refractivity contribution in [1.29, 1.82) is 0 Å². The van der Waals surface area contributed by atoms with Gasteiger partial charge in [0.2, 0.25) is 0 Å². The Morgan fingerprint density at radius 2 is 1.73 bits per heavy atom. The average molecular weight is 286 g/mol. The Labute approximate surface area is 130 Å². The molecule has 0 spiro atoms. The molecule has 3 aromatic rings. The maximum atomic E-state index is 6.44. The Hall–Kier alpha value is -2.61. The molecule has 108 valence electrons. The second-order valence-corrected chi connectivity index (χ2v) is 5.81. The van der Waals surface area contributed by atoms with Crippen molar-refractivity contribution in [3.05, 3.63) is 71.9 Å². The molecule has 2 aromatic carbocycles. The van der Waals surface area contributed by atoms with Gasteiger partial charge in [-0.05, 0) is 48.1 Å². The molecule has 1 heterocycles. The SMILES string of the molecule is Nc1c(-c2ccnc(-c3ccccc3)c2)ccc2c1CCC2. The van der Waals surface area contributed by atoms with Gasteiger partial charge in [0.15, 0.2) is 0 Å². The molecule has 2 heteroatoms. The van der Waals surface area contributed by atoms with Crippen LogP contribution < -0.4 is 5.73 Å². The first-order valence-electron chi connectivity index (χ1n) is 7.75. The van der Waals surface area contributed by atoms with E-state index in [1.54, 1.807) is 0 Å². The summed E-state index contributed by atoms with van der Waals surface area (Å²) in [6.45, 7) is 0. The molecule has 1 aliphatic carbocycles. The Kier molecular flexibility index (Phi) is 3.15. The molecule has 2 nitrogen and oxygen atoms in total. The van der Waals surface area contributed by atoms with Crippen LogP contribution in [-0.4, -0.2) is 4.98 Å². The summed E-state index contributed by atoms with van der Waals surface area (Å²) < 4.78 is 0. The van der Waals surface area contributed by atoms with Crippen LogP contribution in [0, 0.1) is 0 Å². The highest BCUT2D eigenvalue weighted by molar-refractivity contribution is 5.81. The van der Waals surface area contributed by atoms with Gasteiger partial charge in [-0.25, -0.2) is 0 Å². The molecule has 0 amide bonds. The lowest BCUT2D eigenvalue weighted by atomic mass is 9.97. The molecule has 0 atom stereocenters. The molecule has 0 bridgehead atoms. The first kappa shape index (κ1) is 13.1. The average Bonchev–Trinajstić information content (AvgIpc) is 3.06. The Balaban J connectivity index is 1.81. The smallest absolute Gasteiger partial charge is 0.0708 e. The normalized spacial score (nSPS) is 13.1. The van der Waals surface area contributed by atoms with Crippen LogP contribution >= 0.6 is 0 Å².